The van der Waals surface area contributed by atoms with Gasteiger partial charge in [0.15, 0.2) is 11.3 Å². The molecule has 0 unspecified atom stereocenters. The smallest absolute Gasteiger partial charge is 0.326 e. The van der Waals surface area contributed by atoms with Gasteiger partial charge in [-0.15, -0.1) is 0 Å². The Morgan fingerprint density at radius 2 is 1.42 bits per heavy atom. The van der Waals surface area contributed by atoms with Crippen molar-refractivity contribution in [2.45, 2.75) is 27.7 Å². The van der Waals surface area contributed by atoms with Gasteiger partial charge >= 0.3 is 11.9 Å². The molecule has 0 saturated heterocycles. The monoisotopic (exact) mass is 266 g/mol. The third-order valence-electron chi connectivity index (χ3n) is 2.85. The van der Waals surface area contributed by atoms with Crippen LogP contribution >= 0.6 is 0 Å². The Kier molecular flexibility index (Phi) is 6.57. The first-order valence-electron chi connectivity index (χ1n) is 6.06. The first kappa shape index (κ1) is 16.9. The van der Waals surface area contributed by atoms with Crippen molar-refractivity contribution in [3.05, 3.63) is 0 Å². The zero-order chi connectivity index (χ0) is 15.1. The second-order valence-corrected chi connectivity index (χ2v) is 4.16. The molecule has 0 radical (unpaired) electrons. The van der Waals surface area contributed by atoms with Crippen LogP contribution in [0.2, 0.25) is 0 Å². The number of hydrogen-bond donors (Lipinski definition) is 0. The van der Waals surface area contributed by atoms with Gasteiger partial charge in [0.05, 0.1) is 25.4 Å². The van der Waals surface area contributed by atoms with E-state index in [2.05, 4.69) is 0 Å². The van der Waals surface area contributed by atoms with Gasteiger partial charge in [0.25, 0.3) is 0 Å². The SMILES string of the molecule is CCOC(=O)C(C(=O)OCC)(C(C)C)C(C#N)C#N. The fourth-order valence-corrected chi connectivity index (χ4v) is 1.86. The molecule has 0 bridgehead atoms. The fraction of sp³-hybridized carbons (Fsp3) is 0.692. The van der Waals surface area contributed by atoms with Crippen LogP contribution in [0.5, 0.6) is 0 Å². The van der Waals surface area contributed by atoms with Gasteiger partial charge < -0.3 is 9.47 Å². The summed E-state index contributed by atoms with van der Waals surface area (Å²) in [4.78, 5) is 24.3. The van der Waals surface area contributed by atoms with E-state index in [0.717, 1.165) is 0 Å². The van der Waals surface area contributed by atoms with Crippen molar-refractivity contribution >= 4 is 11.9 Å². The minimum absolute atomic E-state index is 0.0519. The van der Waals surface area contributed by atoms with Crippen LogP contribution in [0.15, 0.2) is 0 Å². The maximum Gasteiger partial charge on any atom is 0.326 e. The molecular weight excluding hydrogens is 248 g/mol. The molecule has 6 nitrogen and oxygen atoms in total. The molecule has 0 aromatic rings. The van der Waals surface area contributed by atoms with Crippen LogP contribution < -0.4 is 0 Å². The molecule has 0 aliphatic rings. The summed E-state index contributed by atoms with van der Waals surface area (Å²) in [6.07, 6.45) is 0. The highest BCUT2D eigenvalue weighted by atomic mass is 16.6. The Morgan fingerprint density at radius 1 is 1.05 bits per heavy atom. The molecule has 0 fully saturated rings. The summed E-state index contributed by atoms with van der Waals surface area (Å²) < 4.78 is 9.76. The standard InChI is InChI=1S/C13H18N2O4/c1-5-18-11(16)13(9(3)4,10(7-14)8-15)12(17)19-6-2/h9-10H,5-6H2,1-4H3. The van der Waals surface area contributed by atoms with Crippen LogP contribution in [0.4, 0.5) is 0 Å². The topological polar surface area (TPSA) is 100 Å². The van der Waals surface area contributed by atoms with Gasteiger partial charge in [0.2, 0.25) is 0 Å². The van der Waals surface area contributed by atoms with E-state index in [1.807, 2.05) is 0 Å². The van der Waals surface area contributed by atoms with Gasteiger partial charge in [-0.2, -0.15) is 10.5 Å². The Bertz CT molecular complexity index is 385. The summed E-state index contributed by atoms with van der Waals surface area (Å²) in [5.74, 6) is -3.84. The van der Waals surface area contributed by atoms with E-state index in [9.17, 15) is 9.59 Å². The normalized spacial score (nSPS) is 10.7. The molecule has 0 aliphatic carbocycles. The van der Waals surface area contributed by atoms with E-state index in [1.165, 1.54) is 0 Å². The van der Waals surface area contributed by atoms with E-state index >= 15 is 0 Å². The largest absolute Gasteiger partial charge is 0.465 e. The first-order valence-corrected chi connectivity index (χ1v) is 6.06. The van der Waals surface area contributed by atoms with Crippen LogP contribution in [0, 0.1) is 39.9 Å². The highest BCUT2D eigenvalue weighted by Crippen LogP contribution is 2.38. The lowest BCUT2D eigenvalue weighted by atomic mass is 9.68. The third-order valence-corrected chi connectivity index (χ3v) is 2.85. The van der Waals surface area contributed by atoms with Crippen molar-refractivity contribution in [2.24, 2.45) is 17.3 Å². The number of esters is 2. The van der Waals surface area contributed by atoms with Crippen molar-refractivity contribution in [2.75, 3.05) is 13.2 Å². The summed E-state index contributed by atoms with van der Waals surface area (Å²) in [6.45, 7) is 6.43. The average molecular weight is 266 g/mol. The summed E-state index contributed by atoms with van der Waals surface area (Å²) in [5, 5.41) is 18.1. The van der Waals surface area contributed by atoms with Crippen LogP contribution in [0.25, 0.3) is 0 Å². The van der Waals surface area contributed by atoms with Crippen molar-refractivity contribution in [1.29, 1.82) is 10.5 Å². The Morgan fingerprint density at radius 3 is 1.63 bits per heavy atom. The zero-order valence-corrected chi connectivity index (χ0v) is 11.6. The first-order chi connectivity index (χ1) is 8.93. The molecule has 0 saturated carbocycles. The quantitative estimate of drug-likeness (QED) is 0.532. The fourth-order valence-electron chi connectivity index (χ4n) is 1.86. The van der Waals surface area contributed by atoms with Crippen LogP contribution in [-0.2, 0) is 19.1 Å². The second-order valence-electron chi connectivity index (χ2n) is 4.16. The number of carbonyl (C=O) groups is 2. The van der Waals surface area contributed by atoms with Crippen LogP contribution in [0.3, 0.4) is 0 Å². The second kappa shape index (κ2) is 7.38. The summed E-state index contributed by atoms with van der Waals surface area (Å²) in [7, 11) is 0. The Hall–Kier alpha value is -2.08. The van der Waals surface area contributed by atoms with Crippen molar-refractivity contribution in [1.82, 2.24) is 0 Å². The molecular formula is C13H18N2O4. The number of nitriles is 2. The van der Waals surface area contributed by atoms with E-state index in [4.69, 9.17) is 20.0 Å². The highest BCUT2D eigenvalue weighted by Gasteiger charge is 2.58. The molecule has 0 rings (SSSR count). The third kappa shape index (κ3) is 3.03. The molecule has 0 N–H and O–H groups in total. The maximum atomic E-state index is 12.2. The highest BCUT2D eigenvalue weighted by molar-refractivity contribution is 6.01. The number of carbonyl (C=O) groups excluding carboxylic acids is 2. The van der Waals surface area contributed by atoms with E-state index in [1.54, 1.807) is 39.8 Å². The summed E-state index contributed by atoms with van der Waals surface area (Å²) in [5.41, 5.74) is -1.91. The predicted octanol–water partition coefficient (Wildman–Crippen LogP) is 1.42. The van der Waals surface area contributed by atoms with Crippen LogP contribution in [-0.4, -0.2) is 25.2 Å². The van der Waals surface area contributed by atoms with Crippen LogP contribution in [0.1, 0.15) is 27.7 Å². The lowest BCUT2D eigenvalue weighted by Gasteiger charge is -2.32. The lowest BCUT2D eigenvalue weighted by molar-refractivity contribution is -0.178. The van der Waals surface area contributed by atoms with Crippen molar-refractivity contribution in [3.8, 4) is 12.1 Å². The number of rotatable bonds is 6. The van der Waals surface area contributed by atoms with E-state index in [-0.39, 0.29) is 13.2 Å². The van der Waals surface area contributed by atoms with Crippen molar-refractivity contribution in [3.63, 3.8) is 0 Å². The molecule has 6 heteroatoms. The molecule has 0 aliphatic heterocycles. The number of ether oxygens (including phenoxy) is 2. The van der Waals surface area contributed by atoms with Gasteiger partial charge in [-0.1, -0.05) is 13.8 Å². The minimum atomic E-state index is -1.91. The summed E-state index contributed by atoms with van der Waals surface area (Å²) in [6, 6.07) is 3.38. The van der Waals surface area contributed by atoms with Gasteiger partial charge in [0, 0.05) is 0 Å². The Labute approximate surface area is 112 Å². The number of nitrogens with zero attached hydrogens (tertiary/aromatic N) is 2. The molecule has 104 valence electrons. The Balaban J connectivity index is 5.91. The zero-order valence-electron chi connectivity index (χ0n) is 11.6. The summed E-state index contributed by atoms with van der Waals surface area (Å²) >= 11 is 0. The van der Waals surface area contributed by atoms with E-state index in [0.29, 0.717) is 0 Å². The molecule has 0 aromatic heterocycles. The lowest BCUT2D eigenvalue weighted by Crippen LogP contribution is -2.51. The van der Waals surface area contributed by atoms with E-state index < -0.39 is 29.2 Å². The van der Waals surface area contributed by atoms with Gasteiger partial charge in [0.1, 0.15) is 0 Å². The molecule has 0 atom stereocenters. The molecule has 0 heterocycles. The predicted molar refractivity (Wildman–Crippen MR) is 65.3 cm³/mol. The number of hydrogen-bond acceptors (Lipinski definition) is 6. The maximum absolute atomic E-state index is 12.2. The molecule has 0 aromatic carbocycles. The molecule has 0 spiro atoms. The van der Waals surface area contributed by atoms with Gasteiger partial charge in [-0.25, -0.2) is 0 Å². The van der Waals surface area contributed by atoms with Gasteiger partial charge in [-0.05, 0) is 19.8 Å². The van der Waals surface area contributed by atoms with Gasteiger partial charge in [-0.3, -0.25) is 9.59 Å². The molecule has 0 amide bonds. The average Bonchev–Trinajstić information content (AvgIpc) is 2.35. The minimum Gasteiger partial charge on any atom is -0.465 e. The molecule has 19 heavy (non-hydrogen) atoms. The van der Waals surface area contributed by atoms with Crippen molar-refractivity contribution < 1.29 is 19.1 Å².